The molecule has 1 aliphatic carbocycles. The average Bonchev–Trinajstić information content (AvgIpc) is 3.31. The molecule has 0 spiro atoms. The molecule has 1 unspecified atom stereocenters. The lowest BCUT2D eigenvalue weighted by molar-refractivity contribution is -0.844. The van der Waals surface area contributed by atoms with Crippen LogP contribution in [0.2, 0.25) is 5.02 Å². The van der Waals surface area contributed by atoms with Crippen LogP contribution < -0.4 is 4.79 Å². The maximum atomic E-state index is 13.5. The van der Waals surface area contributed by atoms with Gasteiger partial charge in [0.05, 0.1) is 0 Å². The minimum atomic E-state index is -1.34. The molecule has 0 saturated heterocycles. The lowest BCUT2D eigenvalue weighted by Crippen LogP contribution is -2.45. The lowest BCUT2D eigenvalue weighted by Gasteiger charge is -2.34. The van der Waals surface area contributed by atoms with Gasteiger partial charge >= 0.3 is 0 Å². The smallest absolute Gasteiger partial charge is 0.299 e. The predicted molar refractivity (Wildman–Crippen MR) is 87.0 cm³/mol. The third kappa shape index (κ3) is 2.16. The number of hydrogen-bond acceptors (Lipinski definition) is 2. The average molecular weight is 345 g/mol. The van der Waals surface area contributed by atoms with Gasteiger partial charge in [-0.3, -0.25) is 0 Å². The molecule has 0 bridgehead atoms. The zero-order chi connectivity index (χ0) is 16.8. The minimum Gasteiger partial charge on any atom is -0.376 e. The monoisotopic (exact) mass is 344 g/mol. The zero-order valence-corrected chi connectivity index (χ0v) is 13.6. The molecule has 1 fully saturated rings. The van der Waals surface area contributed by atoms with Crippen molar-refractivity contribution in [3.05, 3.63) is 83.4 Å². The van der Waals surface area contributed by atoms with Gasteiger partial charge in [0, 0.05) is 10.1 Å². The number of halogens is 2. The van der Waals surface area contributed by atoms with Crippen LogP contribution in [0.1, 0.15) is 24.0 Å². The summed E-state index contributed by atoms with van der Waals surface area (Å²) in [5.41, 5.74) is -0.612. The van der Waals surface area contributed by atoms with Crippen molar-refractivity contribution in [2.24, 2.45) is 0 Å². The Morgan fingerprint density at radius 1 is 1.08 bits per heavy atom. The Labute approximate surface area is 143 Å². The fourth-order valence-corrected chi connectivity index (χ4v) is 3.57. The van der Waals surface area contributed by atoms with Gasteiger partial charge in [-0.1, -0.05) is 54.1 Å². The van der Waals surface area contributed by atoms with E-state index in [-0.39, 0.29) is 0 Å². The summed E-state index contributed by atoms with van der Waals surface area (Å²) in [6.07, 6.45) is 3.75. The van der Waals surface area contributed by atoms with Crippen LogP contribution in [-0.4, -0.2) is 14.9 Å². The molecular weight excluding hydrogens is 329 g/mol. The van der Waals surface area contributed by atoms with Crippen molar-refractivity contribution < 1.29 is 14.4 Å². The Kier molecular flexibility index (Phi) is 3.44. The first-order valence-electron chi connectivity index (χ1n) is 7.73. The second-order valence-corrected chi connectivity index (χ2v) is 6.59. The van der Waals surface area contributed by atoms with E-state index in [0.717, 1.165) is 11.9 Å². The summed E-state index contributed by atoms with van der Waals surface area (Å²) >= 11 is 6.01. The number of aliphatic hydroxyl groups is 1. The Morgan fingerprint density at radius 2 is 1.71 bits per heavy atom. The summed E-state index contributed by atoms with van der Waals surface area (Å²) in [6, 6.07) is 16.5. The molecule has 1 atom stereocenters. The highest BCUT2D eigenvalue weighted by molar-refractivity contribution is 6.30. The molecule has 0 amide bonds. The van der Waals surface area contributed by atoms with Crippen LogP contribution in [0, 0.1) is 0 Å². The first-order chi connectivity index (χ1) is 11.6. The number of nitrogens with zero attached hydrogens (tertiary/aromatic N) is 3. The molecule has 4 nitrogen and oxygen atoms in total. The third-order valence-corrected chi connectivity index (χ3v) is 5.05. The predicted octanol–water partition coefficient (Wildman–Crippen LogP) is 2.98. The van der Waals surface area contributed by atoms with Crippen molar-refractivity contribution >= 4 is 11.6 Å². The van der Waals surface area contributed by atoms with Crippen molar-refractivity contribution in [1.82, 2.24) is 9.78 Å². The van der Waals surface area contributed by atoms with Gasteiger partial charge in [-0.25, -0.2) is 0 Å². The quantitative estimate of drug-likeness (QED) is 0.790. The molecule has 1 heterocycles. The van der Waals surface area contributed by atoms with E-state index in [4.69, 9.17) is 11.6 Å². The summed E-state index contributed by atoms with van der Waals surface area (Å²) in [6.45, 7) is 0. The lowest BCUT2D eigenvalue weighted by atomic mass is 9.78. The second kappa shape index (κ2) is 5.40. The topological polar surface area (TPSA) is 41.9 Å². The van der Waals surface area contributed by atoms with E-state index in [0.29, 0.717) is 28.2 Å². The maximum Gasteiger partial charge on any atom is 0.299 e. The molecular formula is C18H16ClFN3O+. The molecule has 4 rings (SSSR count). The SMILES string of the molecule is OC(c1ccccc1)(c1ccc(Cl)cc1)C1(n2c[n+](F)cn2)CC1. The van der Waals surface area contributed by atoms with E-state index in [1.54, 1.807) is 12.1 Å². The summed E-state index contributed by atoms with van der Waals surface area (Å²) in [4.78, 5) is 0.396. The molecule has 0 radical (unpaired) electrons. The van der Waals surface area contributed by atoms with E-state index in [2.05, 4.69) is 5.10 Å². The third-order valence-electron chi connectivity index (χ3n) is 4.80. The van der Waals surface area contributed by atoms with Crippen LogP contribution >= 0.6 is 11.6 Å². The molecule has 122 valence electrons. The Hall–Kier alpha value is -2.24. The zero-order valence-electron chi connectivity index (χ0n) is 12.8. The van der Waals surface area contributed by atoms with E-state index in [9.17, 15) is 9.59 Å². The summed E-state index contributed by atoms with van der Waals surface area (Å²) in [5.74, 6) is 0. The first-order valence-corrected chi connectivity index (χ1v) is 8.11. The highest BCUT2D eigenvalue weighted by Crippen LogP contribution is 2.58. The van der Waals surface area contributed by atoms with Crippen LogP contribution in [0.25, 0.3) is 0 Å². The van der Waals surface area contributed by atoms with E-state index < -0.39 is 11.1 Å². The fraction of sp³-hybridized carbons (Fsp3) is 0.222. The van der Waals surface area contributed by atoms with E-state index in [1.807, 2.05) is 42.5 Å². The molecule has 24 heavy (non-hydrogen) atoms. The first kappa shape index (κ1) is 15.3. The number of benzene rings is 2. The Bertz CT molecular complexity index is 861. The van der Waals surface area contributed by atoms with Gasteiger partial charge in [-0.05, 0) is 45.4 Å². The van der Waals surface area contributed by atoms with Gasteiger partial charge in [0.15, 0.2) is 11.1 Å². The van der Waals surface area contributed by atoms with Gasteiger partial charge < -0.3 is 5.11 Å². The molecule has 2 aromatic carbocycles. The normalized spacial score (nSPS) is 18.1. The van der Waals surface area contributed by atoms with Crippen molar-refractivity contribution in [2.45, 2.75) is 24.0 Å². The van der Waals surface area contributed by atoms with E-state index >= 15 is 0 Å². The van der Waals surface area contributed by atoms with Gasteiger partial charge in [0.25, 0.3) is 12.7 Å². The maximum absolute atomic E-state index is 13.5. The molecule has 3 aromatic rings. The van der Waals surface area contributed by atoms with E-state index in [1.165, 1.54) is 11.0 Å². The van der Waals surface area contributed by atoms with Crippen LogP contribution in [0.5, 0.6) is 0 Å². The standard InChI is InChI=1S/C18H16ClFN3O/c19-16-8-6-15(7-9-16)18(24,14-4-2-1-3-5-14)17(10-11-17)23-13-22(20)12-21-23/h1-9,12-13,24H,10-11H2/q+1. The summed E-state index contributed by atoms with van der Waals surface area (Å²) in [5, 5.41) is 16.6. The van der Waals surface area contributed by atoms with Gasteiger partial charge in [-0.15, -0.1) is 4.68 Å². The van der Waals surface area contributed by atoms with Crippen molar-refractivity contribution in [2.75, 3.05) is 0 Å². The van der Waals surface area contributed by atoms with Crippen molar-refractivity contribution in [3.63, 3.8) is 0 Å². The van der Waals surface area contributed by atoms with Crippen LogP contribution in [0.4, 0.5) is 4.48 Å². The summed E-state index contributed by atoms with van der Waals surface area (Å²) < 4.78 is 15.0. The van der Waals surface area contributed by atoms with Crippen LogP contribution in [0.15, 0.2) is 67.3 Å². The molecule has 1 aliphatic rings. The Balaban J connectivity index is 1.93. The molecule has 6 heteroatoms. The number of hydrogen-bond donors (Lipinski definition) is 1. The molecule has 0 aliphatic heterocycles. The van der Waals surface area contributed by atoms with Crippen molar-refractivity contribution in [1.29, 1.82) is 0 Å². The minimum absolute atomic E-state index is 0.396. The summed E-state index contributed by atoms with van der Waals surface area (Å²) in [7, 11) is 0. The highest BCUT2D eigenvalue weighted by atomic mass is 35.5. The fourth-order valence-electron chi connectivity index (χ4n) is 3.44. The number of aromatic nitrogens is 3. The van der Waals surface area contributed by atoms with Crippen LogP contribution in [-0.2, 0) is 11.1 Å². The molecule has 1 aromatic heterocycles. The van der Waals surface area contributed by atoms with Gasteiger partial charge in [0.2, 0.25) is 0 Å². The number of rotatable bonds is 4. The van der Waals surface area contributed by atoms with Crippen molar-refractivity contribution in [3.8, 4) is 0 Å². The van der Waals surface area contributed by atoms with Crippen LogP contribution in [0.3, 0.4) is 0 Å². The highest BCUT2D eigenvalue weighted by Gasteiger charge is 2.66. The van der Waals surface area contributed by atoms with Gasteiger partial charge in [0.1, 0.15) is 0 Å². The molecule has 1 saturated carbocycles. The van der Waals surface area contributed by atoms with Gasteiger partial charge in [-0.2, -0.15) is 0 Å². The largest absolute Gasteiger partial charge is 0.376 e. The second-order valence-electron chi connectivity index (χ2n) is 6.15. The Morgan fingerprint density at radius 3 is 2.25 bits per heavy atom. The molecule has 1 N–H and O–H groups in total.